The Morgan fingerprint density at radius 2 is 1.87 bits per heavy atom. The van der Waals surface area contributed by atoms with Gasteiger partial charge >= 0.3 is 0 Å². The van der Waals surface area contributed by atoms with Gasteiger partial charge in [0.05, 0.1) is 17.7 Å². The van der Waals surface area contributed by atoms with Crippen LogP contribution < -0.4 is 4.90 Å². The molecule has 0 radical (unpaired) electrons. The van der Waals surface area contributed by atoms with Crippen molar-refractivity contribution >= 4 is 5.69 Å². The molecule has 0 aliphatic rings. The van der Waals surface area contributed by atoms with Gasteiger partial charge in [0.15, 0.2) is 0 Å². The van der Waals surface area contributed by atoms with Gasteiger partial charge in [-0.25, -0.2) is 0 Å². The molecule has 3 heteroatoms. The van der Waals surface area contributed by atoms with Crippen LogP contribution in [0.25, 0.3) is 0 Å². The fraction of sp³-hybridized carbons (Fsp3) is 0.333. The first-order chi connectivity index (χ1) is 7.22. The molecule has 0 spiro atoms. The molecule has 1 atom stereocenters. The maximum atomic E-state index is 8.91. The van der Waals surface area contributed by atoms with E-state index in [1.807, 2.05) is 31.0 Å². The average molecular weight is 199 g/mol. The second-order valence-electron chi connectivity index (χ2n) is 3.32. The second-order valence-corrected chi connectivity index (χ2v) is 3.32. The molecule has 0 saturated carbocycles. The predicted molar refractivity (Wildman–Crippen MR) is 59.3 cm³/mol. The third-order valence-corrected chi connectivity index (χ3v) is 2.41. The Hall–Kier alpha value is -2.00. The van der Waals surface area contributed by atoms with Gasteiger partial charge in [-0.1, -0.05) is 6.92 Å². The molecular weight excluding hydrogens is 186 g/mol. The van der Waals surface area contributed by atoms with Crippen molar-refractivity contribution in [2.45, 2.75) is 19.4 Å². The van der Waals surface area contributed by atoms with Crippen molar-refractivity contribution in [3.05, 3.63) is 29.8 Å². The maximum Gasteiger partial charge on any atom is 0.116 e. The molecule has 1 rings (SSSR count). The minimum atomic E-state index is -0.113. The van der Waals surface area contributed by atoms with E-state index in [1.165, 1.54) is 0 Å². The standard InChI is InChI=1S/C12H13N3/c1-3-11(9-14)15(2)12-6-4-10(8-13)5-7-12/h4-7,11H,3H2,1-2H3. The molecule has 1 aromatic carbocycles. The van der Waals surface area contributed by atoms with Crippen molar-refractivity contribution in [3.63, 3.8) is 0 Å². The van der Waals surface area contributed by atoms with E-state index in [1.54, 1.807) is 12.1 Å². The second kappa shape index (κ2) is 5.02. The van der Waals surface area contributed by atoms with Crippen LogP contribution in [-0.2, 0) is 0 Å². The summed E-state index contributed by atoms with van der Waals surface area (Å²) < 4.78 is 0. The molecule has 0 saturated heterocycles. The molecule has 76 valence electrons. The van der Waals surface area contributed by atoms with Gasteiger partial charge in [0.1, 0.15) is 6.04 Å². The number of anilines is 1. The molecule has 15 heavy (non-hydrogen) atoms. The molecule has 0 fully saturated rings. The van der Waals surface area contributed by atoms with Crippen molar-refractivity contribution < 1.29 is 0 Å². The third kappa shape index (κ3) is 2.48. The van der Waals surface area contributed by atoms with Crippen LogP contribution in [0.5, 0.6) is 0 Å². The van der Waals surface area contributed by atoms with Crippen molar-refractivity contribution in [1.82, 2.24) is 0 Å². The van der Waals surface area contributed by atoms with Gasteiger partial charge in [-0.2, -0.15) is 10.5 Å². The van der Waals surface area contributed by atoms with Crippen molar-refractivity contribution in [1.29, 1.82) is 10.5 Å². The molecule has 0 N–H and O–H groups in total. The summed E-state index contributed by atoms with van der Waals surface area (Å²) in [6.45, 7) is 1.98. The average Bonchev–Trinajstić information content (AvgIpc) is 2.30. The van der Waals surface area contributed by atoms with Crippen LogP contribution in [0.1, 0.15) is 18.9 Å². The minimum Gasteiger partial charge on any atom is -0.359 e. The fourth-order valence-corrected chi connectivity index (χ4v) is 1.40. The lowest BCUT2D eigenvalue weighted by atomic mass is 10.1. The van der Waals surface area contributed by atoms with Crippen LogP contribution in [0.3, 0.4) is 0 Å². The maximum absolute atomic E-state index is 8.91. The molecular formula is C12H13N3. The summed E-state index contributed by atoms with van der Waals surface area (Å²) >= 11 is 0. The van der Waals surface area contributed by atoms with Crippen LogP contribution in [0.15, 0.2) is 24.3 Å². The molecule has 3 nitrogen and oxygen atoms in total. The SMILES string of the molecule is CCC(C#N)N(C)c1ccc(C#N)cc1. The first kappa shape index (κ1) is 11.1. The van der Waals surface area contributed by atoms with E-state index in [0.29, 0.717) is 5.56 Å². The van der Waals surface area contributed by atoms with Gasteiger partial charge in [0.2, 0.25) is 0 Å². The predicted octanol–water partition coefficient (Wildman–Crippen LogP) is 2.30. The topological polar surface area (TPSA) is 50.8 Å². The van der Waals surface area contributed by atoms with Gasteiger partial charge in [-0.15, -0.1) is 0 Å². The zero-order valence-electron chi connectivity index (χ0n) is 8.94. The Morgan fingerprint density at radius 3 is 2.27 bits per heavy atom. The molecule has 0 aromatic heterocycles. The van der Waals surface area contributed by atoms with Gasteiger partial charge in [0.25, 0.3) is 0 Å². The van der Waals surface area contributed by atoms with E-state index < -0.39 is 0 Å². The van der Waals surface area contributed by atoms with Gasteiger partial charge in [-0.3, -0.25) is 0 Å². The number of nitrogens with zero attached hydrogens (tertiary/aromatic N) is 3. The van der Waals surface area contributed by atoms with E-state index in [-0.39, 0.29) is 6.04 Å². The monoisotopic (exact) mass is 199 g/mol. The highest BCUT2D eigenvalue weighted by molar-refractivity contribution is 5.50. The fourth-order valence-electron chi connectivity index (χ4n) is 1.40. The summed E-state index contributed by atoms with van der Waals surface area (Å²) in [5.41, 5.74) is 1.60. The number of rotatable bonds is 3. The molecule has 0 aliphatic carbocycles. The number of hydrogen-bond donors (Lipinski definition) is 0. The zero-order valence-corrected chi connectivity index (χ0v) is 8.94. The van der Waals surface area contributed by atoms with Crippen molar-refractivity contribution in [2.24, 2.45) is 0 Å². The first-order valence-corrected chi connectivity index (χ1v) is 4.85. The third-order valence-electron chi connectivity index (χ3n) is 2.41. The highest BCUT2D eigenvalue weighted by Gasteiger charge is 2.11. The highest BCUT2D eigenvalue weighted by Crippen LogP contribution is 2.16. The summed E-state index contributed by atoms with van der Waals surface area (Å²) in [4.78, 5) is 1.92. The van der Waals surface area contributed by atoms with E-state index in [2.05, 4.69) is 12.1 Å². The smallest absolute Gasteiger partial charge is 0.116 e. The summed E-state index contributed by atoms with van der Waals surface area (Å²) in [5, 5.41) is 17.6. The van der Waals surface area contributed by atoms with E-state index >= 15 is 0 Å². The summed E-state index contributed by atoms with van der Waals surface area (Å²) in [5.74, 6) is 0. The Labute approximate surface area is 90.2 Å². The zero-order chi connectivity index (χ0) is 11.3. The summed E-state index contributed by atoms with van der Waals surface area (Å²) in [7, 11) is 1.89. The number of nitriles is 2. The van der Waals surface area contributed by atoms with E-state index in [4.69, 9.17) is 10.5 Å². The number of hydrogen-bond acceptors (Lipinski definition) is 3. The minimum absolute atomic E-state index is 0.113. The molecule has 0 bridgehead atoms. The summed E-state index contributed by atoms with van der Waals surface area (Å²) in [6.07, 6.45) is 0.785. The lowest BCUT2D eigenvalue weighted by Gasteiger charge is -2.23. The Morgan fingerprint density at radius 1 is 1.27 bits per heavy atom. The molecule has 0 amide bonds. The van der Waals surface area contributed by atoms with Gasteiger partial charge in [-0.05, 0) is 30.7 Å². The summed E-state index contributed by atoms with van der Waals surface area (Å²) in [6, 6.07) is 11.4. The molecule has 1 aromatic rings. The number of benzene rings is 1. The van der Waals surface area contributed by atoms with Crippen molar-refractivity contribution in [2.75, 3.05) is 11.9 Å². The van der Waals surface area contributed by atoms with Crippen LogP contribution in [0, 0.1) is 22.7 Å². The van der Waals surface area contributed by atoms with E-state index in [0.717, 1.165) is 12.1 Å². The van der Waals surface area contributed by atoms with Gasteiger partial charge < -0.3 is 4.90 Å². The van der Waals surface area contributed by atoms with Crippen molar-refractivity contribution in [3.8, 4) is 12.1 Å². The normalized spacial score (nSPS) is 11.2. The van der Waals surface area contributed by atoms with Crippen LogP contribution in [0.2, 0.25) is 0 Å². The lowest BCUT2D eigenvalue weighted by Crippen LogP contribution is -2.29. The van der Waals surface area contributed by atoms with E-state index in [9.17, 15) is 0 Å². The molecule has 0 heterocycles. The Balaban J connectivity index is 2.88. The van der Waals surface area contributed by atoms with Crippen LogP contribution in [-0.4, -0.2) is 13.1 Å². The highest BCUT2D eigenvalue weighted by atomic mass is 15.1. The van der Waals surface area contributed by atoms with Crippen LogP contribution >= 0.6 is 0 Å². The van der Waals surface area contributed by atoms with Crippen LogP contribution in [0.4, 0.5) is 5.69 Å². The quantitative estimate of drug-likeness (QED) is 0.750. The Bertz CT molecular complexity index is 394. The largest absolute Gasteiger partial charge is 0.359 e. The first-order valence-electron chi connectivity index (χ1n) is 4.85. The van der Waals surface area contributed by atoms with Gasteiger partial charge in [0, 0.05) is 12.7 Å². The molecule has 1 unspecified atom stereocenters. The Kier molecular flexibility index (Phi) is 3.71. The molecule has 0 aliphatic heterocycles. The lowest BCUT2D eigenvalue weighted by molar-refractivity contribution is 0.734.